The molecule has 0 fully saturated rings. The van der Waals surface area contributed by atoms with Crippen LogP contribution in [-0.4, -0.2) is 20.9 Å². The summed E-state index contributed by atoms with van der Waals surface area (Å²) in [5.74, 6) is 0.172. The second-order valence-corrected chi connectivity index (χ2v) is 8.93. The maximum absolute atomic E-state index is 12.7. The van der Waals surface area contributed by atoms with Gasteiger partial charge in [0.15, 0.2) is 6.61 Å². The van der Waals surface area contributed by atoms with E-state index in [1.165, 1.54) is 12.1 Å². The van der Waals surface area contributed by atoms with Gasteiger partial charge in [-0.15, -0.1) is 0 Å². The smallest absolute Gasteiger partial charge is 0.262 e. The summed E-state index contributed by atoms with van der Waals surface area (Å²) in [6.45, 7) is 5.52. The summed E-state index contributed by atoms with van der Waals surface area (Å²) in [4.78, 5) is 12.4. The van der Waals surface area contributed by atoms with Crippen LogP contribution in [0.1, 0.15) is 23.6 Å². The van der Waals surface area contributed by atoms with E-state index in [9.17, 15) is 13.2 Å². The van der Waals surface area contributed by atoms with Crippen LogP contribution < -0.4 is 14.8 Å². The lowest BCUT2D eigenvalue weighted by molar-refractivity contribution is -0.118. The van der Waals surface area contributed by atoms with Crippen molar-refractivity contribution in [2.45, 2.75) is 32.1 Å². The normalized spacial score (nSPS) is 11.1. The highest BCUT2D eigenvalue weighted by molar-refractivity contribution is 7.92. The molecule has 6 nitrogen and oxygen atoms in total. The molecule has 0 aromatic heterocycles. The lowest BCUT2D eigenvalue weighted by Crippen LogP contribution is -2.21. The topological polar surface area (TPSA) is 84.5 Å². The molecule has 0 aliphatic rings. The van der Waals surface area contributed by atoms with Crippen LogP contribution in [0.3, 0.4) is 0 Å². The minimum absolute atomic E-state index is 0.124. The van der Waals surface area contributed by atoms with Crippen molar-refractivity contribution in [3.63, 3.8) is 0 Å². The number of rotatable bonds is 8. The molecule has 0 spiro atoms. The van der Waals surface area contributed by atoms with Crippen molar-refractivity contribution in [3.8, 4) is 5.75 Å². The summed E-state index contributed by atoms with van der Waals surface area (Å²) in [5.41, 5.74) is 3.96. The van der Waals surface area contributed by atoms with Crippen LogP contribution in [0, 0.1) is 13.8 Å². The first-order valence-corrected chi connectivity index (χ1v) is 11.5. The Morgan fingerprint density at radius 2 is 1.68 bits per heavy atom. The standard InChI is InChI=1S/C24H26N2O4S/c1-4-19-7-5-6-8-22(19)25-24(27)16-30-23-14-13-21(15-18(23)3)31(28,29)26-20-11-9-17(2)10-12-20/h5-15,26H,4,16H2,1-3H3,(H,25,27). The Kier molecular flexibility index (Phi) is 6.97. The molecule has 31 heavy (non-hydrogen) atoms. The number of ether oxygens (including phenoxy) is 1. The Bertz CT molecular complexity index is 1170. The molecule has 0 unspecified atom stereocenters. The van der Waals surface area contributed by atoms with Gasteiger partial charge in [0.25, 0.3) is 15.9 Å². The van der Waals surface area contributed by atoms with Gasteiger partial charge in [0.05, 0.1) is 4.90 Å². The third kappa shape index (κ3) is 5.86. The van der Waals surface area contributed by atoms with Gasteiger partial charge >= 0.3 is 0 Å². The molecule has 7 heteroatoms. The van der Waals surface area contributed by atoms with Crippen LogP contribution in [0.5, 0.6) is 5.75 Å². The molecule has 0 heterocycles. The highest BCUT2D eigenvalue weighted by Crippen LogP contribution is 2.24. The van der Waals surface area contributed by atoms with Gasteiger partial charge in [0, 0.05) is 11.4 Å². The van der Waals surface area contributed by atoms with E-state index >= 15 is 0 Å². The van der Waals surface area contributed by atoms with Crippen LogP contribution in [0.4, 0.5) is 11.4 Å². The quantitative estimate of drug-likeness (QED) is 0.535. The highest BCUT2D eigenvalue weighted by atomic mass is 32.2. The third-order valence-electron chi connectivity index (χ3n) is 4.79. The van der Waals surface area contributed by atoms with Gasteiger partial charge < -0.3 is 10.1 Å². The van der Waals surface area contributed by atoms with E-state index in [1.54, 1.807) is 25.1 Å². The van der Waals surface area contributed by atoms with Crippen LogP contribution >= 0.6 is 0 Å². The first kappa shape index (κ1) is 22.4. The maximum atomic E-state index is 12.7. The zero-order valence-electron chi connectivity index (χ0n) is 17.8. The zero-order chi connectivity index (χ0) is 22.4. The number of carbonyl (C=O) groups is 1. The molecule has 0 radical (unpaired) electrons. The number of para-hydroxylation sites is 1. The molecule has 0 saturated carbocycles. The molecule has 3 aromatic rings. The Morgan fingerprint density at radius 3 is 2.35 bits per heavy atom. The number of benzene rings is 3. The fraction of sp³-hybridized carbons (Fsp3) is 0.208. The van der Waals surface area contributed by atoms with E-state index in [0.29, 0.717) is 17.0 Å². The average Bonchev–Trinajstić information content (AvgIpc) is 2.74. The summed E-state index contributed by atoms with van der Waals surface area (Å²) < 4.78 is 33.5. The second kappa shape index (κ2) is 9.66. The van der Waals surface area contributed by atoms with Gasteiger partial charge in [-0.3, -0.25) is 9.52 Å². The number of anilines is 2. The van der Waals surface area contributed by atoms with Crippen molar-refractivity contribution < 1.29 is 17.9 Å². The number of sulfonamides is 1. The monoisotopic (exact) mass is 438 g/mol. The average molecular weight is 439 g/mol. The molecular weight excluding hydrogens is 412 g/mol. The SMILES string of the molecule is CCc1ccccc1NC(=O)COc1ccc(S(=O)(=O)Nc2ccc(C)cc2)cc1C. The summed E-state index contributed by atoms with van der Waals surface area (Å²) in [6, 6.07) is 19.3. The van der Waals surface area contributed by atoms with Crippen LogP contribution in [-0.2, 0) is 21.2 Å². The van der Waals surface area contributed by atoms with Gasteiger partial charge in [-0.25, -0.2) is 8.42 Å². The van der Waals surface area contributed by atoms with Crippen molar-refractivity contribution in [1.82, 2.24) is 0 Å². The number of aryl methyl sites for hydroxylation is 3. The third-order valence-corrected chi connectivity index (χ3v) is 6.17. The van der Waals surface area contributed by atoms with Crippen LogP contribution in [0.25, 0.3) is 0 Å². The predicted molar refractivity (Wildman–Crippen MR) is 123 cm³/mol. The first-order valence-electron chi connectivity index (χ1n) is 9.99. The van der Waals surface area contributed by atoms with Gasteiger partial charge in [-0.2, -0.15) is 0 Å². The Balaban J connectivity index is 1.65. The molecule has 3 rings (SSSR count). The summed E-state index contributed by atoms with van der Waals surface area (Å²) in [6.07, 6.45) is 0.809. The number of amides is 1. The van der Waals surface area contributed by atoms with Crippen LogP contribution in [0.15, 0.2) is 71.6 Å². The Labute approximate surface area is 183 Å². The van der Waals surface area contributed by atoms with Gasteiger partial charge in [-0.1, -0.05) is 42.8 Å². The fourth-order valence-electron chi connectivity index (χ4n) is 3.07. The minimum atomic E-state index is -3.73. The Hall–Kier alpha value is -3.32. The predicted octanol–water partition coefficient (Wildman–Crippen LogP) is 4.68. The van der Waals surface area contributed by atoms with Crippen LogP contribution in [0.2, 0.25) is 0 Å². The molecule has 0 bridgehead atoms. The van der Waals surface area contributed by atoms with Gasteiger partial charge in [0.2, 0.25) is 0 Å². The molecule has 3 aromatic carbocycles. The maximum Gasteiger partial charge on any atom is 0.262 e. The number of carbonyl (C=O) groups excluding carboxylic acids is 1. The molecule has 1 amide bonds. The van der Waals surface area contributed by atoms with E-state index in [-0.39, 0.29) is 17.4 Å². The van der Waals surface area contributed by atoms with Crippen molar-refractivity contribution in [3.05, 3.63) is 83.4 Å². The summed E-state index contributed by atoms with van der Waals surface area (Å²) in [7, 11) is -3.73. The largest absolute Gasteiger partial charge is 0.483 e. The van der Waals surface area contributed by atoms with Gasteiger partial charge in [-0.05, 0) is 67.8 Å². The van der Waals surface area contributed by atoms with Crippen molar-refractivity contribution in [2.24, 2.45) is 0 Å². The molecule has 2 N–H and O–H groups in total. The van der Waals surface area contributed by atoms with Gasteiger partial charge in [0.1, 0.15) is 5.75 Å². The minimum Gasteiger partial charge on any atom is -0.483 e. The van der Waals surface area contributed by atoms with E-state index in [4.69, 9.17) is 4.74 Å². The van der Waals surface area contributed by atoms with E-state index in [2.05, 4.69) is 10.0 Å². The van der Waals surface area contributed by atoms with E-state index in [0.717, 1.165) is 23.2 Å². The zero-order valence-corrected chi connectivity index (χ0v) is 18.6. The number of hydrogen-bond donors (Lipinski definition) is 2. The second-order valence-electron chi connectivity index (χ2n) is 7.25. The molecule has 0 aliphatic heterocycles. The fourth-order valence-corrected chi connectivity index (χ4v) is 4.21. The molecule has 0 aliphatic carbocycles. The number of nitrogens with one attached hydrogen (secondary N) is 2. The van der Waals surface area contributed by atoms with Crippen molar-refractivity contribution in [1.29, 1.82) is 0 Å². The molecule has 162 valence electrons. The van der Waals surface area contributed by atoms with Crippen molar-refractivity contribution >= 4 is 27.3 Å². The lowest BCUT2D eigenvalue weighted by Gasteiger charge is -2.13. The molecule has 0 atom stereocenters. The van der Waals surface area contributed by atoms with E-state index < -0.39 is 10.0 Å². The summed E-state index contributed by atoms with van der Waals surface area (Å²) >= 11 is 0. The molecular formula is C24H26N2O4S. The number of hydrogen-bond acceptors (Lipinski definition) is 4. The lowest BCUT2D eigenvalue weighted by atomic mass is 10.1. The highest BCUT2D eigenvalue weighted by Gasteiger charge is 2.16. The summed E-state index contributed by atoms with van der Waals surface area (Å²) in [5, 5.41) is 2.85. The van der Waals surface area contributed by atoms with E-state index in [1.807, 2.05) is 50.2 Å². The Morgan fingerprint density at radius 1 is 0.968 bits per heavy atom. The molecule has 0 saturated heterocycles. The first-order chi connectivity index (χ1) is 14.8. The van der Waals surface area contributed by atoms with Crippen molar-refractivity contribution in [2.75, 3.05) is 16.6 Å².